The van der Waals surface area contributed by atoms with Crippen molar-refractivity contribution in [1.29, 1.82) is 0 Å². The highest BCUT2D eigenvalue weighted by atomic mass is 35.5. The maximum Gasteiger partial charge on any atom is 0.341 e. The third-order valence-electron chi connectivity index (χ3n) is 10.1. The standard InChI is InChI=1S/C20H26O2.C14H22ClN3O10/c1-13(21)22-15-6-8-16-14(12-15)5-7-18-17(16)9-11-20(2)10-3-4-19(18)20;15-4-5-18(17-27)14(26)16-8(7-19)10(22)11(23)12(24)13(25)28-6-2-1-3-9(20)21/h6,8,12,17-19H,3-5,7,9-11H2,1-2H3;7-8,10-12,22-24H,1-6H2,(H,16,26)(H,20,21)/t17-,18-,19+,20+;8-,10+,11-,12-/m10/s1. The predicted octanol–water partition coefficient (Wildman–Crippen LogP) is 3.22. The number of unbranched alkanes of at least 4 members (excludes halogenated alkanes) is 1. The number of carboxylic acids is 1. The van der Waals surface area contributed by atoms with Gasteiger partial charge in [-0.25, -0.2) is 9.59 Å². The summed E-state index contributed by atoms with van der Waals surface area (Å²) in [6.45, 7) is 3.48. The minimum Gasteiger partial charge on any atom is -0.481 e. The summed E-state index contributed by atoms with van der Waals surface area (Å²) in [4.78, 5) is 66.4. The summed E-state index contributed by atoms with van der Waals surface area (Å²) in [5.74, 6) is 0.552. The van der Waals surface area contributed by atoms with E-state index in [4.69, 9.17) is 21.4 Å². The van der Waals surface area contributed by atoms with Gasteiger partial charge in [-0.15, -0.1) is 16.5 Å². The number of alkyl halides is 1. The van der Waals surface area contributed by atoms with Crippen LogP contribution < -0.4 is 10.1 Å². The van der Waals surface area contributed by atoms with Crippen molar-refractivity contribution in [2.45, 2.75) is 108 Å². The van der Waals surface area contributed by atoms with Crippen LogP contribution in [0.25, 0.3) is 0 Å². The molecule has 0 heterocycles. The Morgan fingerprint density at radius 1 is 1.12 bits per heavy atom. The molecule has 1 aromatic carbocycles. The first kappa shape index (κ1) is 40.8. The second-order valence-corrected chi connectivity index (χ2v) is 13.8. The van der Waals surface area contributed by atoms with Crippen LogP contribution in [0.2, 0.25) is 0 Å². The Labute approximate surface area is 295 Å². The van der Waals surface area contributed by atoms with E-state index in [0.717, 1.165) is 24.2 Å². The summed E-state index contributed by atoms with van der Waals surface area (Å²) in [5.41, 5.74) is 3.58. The number of esters is 2. The number of amides is 2. The number of nitroso groups, excluding NO2 is 1. The lowest BCUT2D eigenvalue weighted by molar-refractivity contribution is -0.166. The minimum absolute atomic E-state index is 0.0133. The third-order valence-corrected chi connectivity index (χ3v) is 10.3. The number of carbonyl (C=O) groups excluding carboxylic acids is 4. The van der Waals surface area contributed by atoms with Crippen molar-refractivity contribution in [2.75, 3.05) is 19.0 Å². The normalized spacial score (nSPS) is 24.2. The van der Waals surface area contributed by atoms with Crippen molar-refractivity contribution in [1.82, 2.24) is 10.3 Å². The number of halogens is 1. The van der Waals surface area contributed by atoms with Gasteiger partial charge in [-0.2, -0.15) is 5.01 Å². The molecule has 2 saturated carbocycles. The maximum absolute atomic E-state index is 11.7. The third kappa shape index (κ3) is 10.7. The average molecular weight is 726 g/mol. The van der Waals surface area contributed by atoms with Crippen LogP contribution >= 0.6 is 11.6 Å². The molecule has 16 heteroatoms. The molecule has 50 heavy (non-hydrogen) atoms. The molecule has 3 aliphatic rings. The van der Waals surface area contributed by atoms with Crippen molar-refractivity contribution in [2.24, 2.45) is 22.5 Å². The van der Waals surface area contributed by atoms with Crippen molar-refractivity contribution < 1.29 is 53.9 Å². The molecule has 15 nitrogen and oxygen atoms in total. The Hall–Kier alpha value is -3.66. The van der Waals surface area contributed by atoms with Gasteiger partial charge >= 0.3 is 23.9 Å². The second kappa shape index (κ2) is 19.1. The number of hydrogen-bond acceptors (Lipinski definition) is 12. The summed E-state index contributed by atoms with van der Waals surface area (Å²) >= 11 is 5.36. The highest BCUT2D eigenvalue weighted by Gasteiger charge is 2.50. The molecular formula is C34H48ClN3O12. The number of nitrogens with one attached hydrogen (secondary N) is 1. The lowest BCUT2D eigenvalue weighted by atomic mass is 9.56. The number of rotatable bonds is 15. The summed E-state index contributed by atoms with van der Waals surface area (Å²) < 4.78 is 9.89. The molecule has 0 aliphatic heterocycles. The molecule has 2 amide bonds. The Morgan fingerprint density at radius 3 is 2.50 bits per heavy atom. The van der Waals surface area contributed by atoms with Gasteiger partial charge in [0.25, 0.3) is 0 Å². The van der Waals surface area contributed by atoms with Gasteiger partial charge in [-0.3, -0.25) is 9.59 Å². The van der Waals surface area contributed by atoms with Crippen molar-refractivity contribution in [3.05, 3.63) is 34.2 Å². The Kier molecular flexibility index (Phi) is 15.6. The highest BCUT2D eigenvalue weighted by Crippen LogP contribution is 2.60. The first-order valence-electron chi connectivity index (χ1n) is 16.9. The van der Waals surface area contributed by atoms with E-state index >= 15 is 0 Å². The van der Waals surface area contributed by atoms with E-state index < -0.39 is 42.3 Å². The van der Waals surface area contributed by atoms with Crippen LogP contribution in [-0.2, 0) is 30.3 Å². The number of carboxylic acid groups (broad SMARTS) is 1. The molecule has 4 rings (SSSR count). The van der Waals surface area contributed by atoms with Crippen LogP contribution in [0.3, 0.4) is 0 Å². The zero-order valence-electron chi connectivity index (χ0n) is 28.4. The van der Waals surface area contributed by atoms with Gasteiger partial charge in [0, 0.05) is 19.2 Å². The maximum atomic E-state index is 11.7. The molecule has 1 aromatic rings. The number of urea groups is 1. The van der Waals surface area contributed by atoms with E-state index in [9.17, 15) is 44.2 Å². The van der Waals surface area contributed by atoms with E-state index in [1.54, 1.807) is 5.56 Å². The van der Waals surface area contributed by atoms with Crippen molar-refractivity contribution >= 4 is 41.8 Å². The molecular weight excluding hydrogens is 678 g/mol. The summed E-state index contributed by atoms with van der Waals surface area (Å²) in [6, 6.07) is 3.34. The van der Waals surface area contributed by atoms with Gasteiger partial charge in [0.2, 0.25) is 0 Å². The number of aliphatic hydroxyl groups excluding tert-OH is 3. The van der Waals surface area contributed by atoms with Gasteiger partial charge in [-0.05, 0) is 97.8 Å². The van der Waals surface area contributed by atoms with Crippen LogP contribution in [0.4, 0.5) is 4.79 Å². The van der Waals surface area contributed by atoms with Gasteiger partial charge < -0.3 is 40.0 Å². The molecule has 2 fully saturated rings. The van der Waals surface area contributed by atoms with Crippen LogP contribution in [0.1, 0.15) is 88.7 Å². The summed E-state index contributed by atoms with van der Waals surface area (Å²) in [7, 11) is 0. The fraction of sp³-hybridized carbons (Fsp3) is 0.676. The predicted molar refractivity (Wildman–Crippen MR) is 179 cm³/mol. The fourth-order valence-electron chi connectivity index (χ4n) is 7.63. The van der Waals surface area contributed by atoms with Crippen molar-refractivity contribution in [3.8, 4) is 5.75 Å². The van der Waals surface area contributed by atoms with E-state index in [2.05, 4.69) is 29.1 Å². The number of benzene rings is 1. The van der Waals surface area contributed by atoms with Gasteiger partial charge in [0.1, 0.15) is 30.3 Å². The lowest BCUT2D eigenvalue weighted by Gasteiger charge is -2.49. The van der Waals surface area contributed by atoms with Gasteiger partial charge in [-0.1, -0.05) is 19.4 Å². The number of aldehydes is 1. The van der Waals surface area contributed by atoms with E-state index in [1.807, 2.05) is 11.4 Å². The molecule has 0 aromatic heterocycles. The van der Waals surface area contributed by atoms with Gasteiger partial charge in [0.15, 0.2) is 6.10 Å². The van der Waals surface area contributed by atoms with Crippen LogP contribution in [0, 0.1) is 22.2 Å². The van der Waals surface area contributed by atoms with E-state index in [1.165, 1.54) is 51.0 Å². The molecule has 0 spiro atoms. The molecule has 0 bridgehead atoms. The summed E-state index contributed by atoms with van der Waals surface area (Å²) in [5, 5.41) is 42.5. The zero-order valence-corrected chi connectivity index (χ0v) is 29.1. The van der Waals surface area contributed by atoms with Crippen molar-refractivity contribution in [3.63, 3.8) is 0 Å². The molecule has 5 N–H and O–H groups in total. The first-order chi connectivity index (χ1) is 23.8. The highest BCUT2D eigenvalue weighted by molar-refractivity contribution is 6.18. The number of ether oxygens (including phenoxy) is 2. The largest absolute Gasteiger partial charge is 0.481 e. The zero-order chi connectivity index (χ0) is 37.0. The SMILES string of the molecule is CC(=O)Oc1ccc2c(c1)CC[C@@H]1[C@@H]2CC[C@]2(C)CCC[C@@H]12.O=C[C@H](NC(=O)N(CCCl)N=O)[C@@H](O)[C@H](O)[C@H](O)C(=O)OCCCCC(=O)O. The second-order valence-electron chi connectivity index (χ2n) is 13.4. The van der Waals surface area contributed by atoms with E-state index in [-0.39, 0.29) is 50.5 Å². The monoisotopic (exact) mass is 725 g/mol. The van der Waals surface area contributed by atoms with Crippen LogP contribution in [0.15, 0.2) is 23.5 Å². The Bertz CT molecular complexity index is 1360. The van der Waals surface area contributed by atoms with Crippen LogP contribution in [-0.4, -0.2) is 99.0 Å². The van der Waals surface area contributed by atoms with Crippen LogP contribution in [0.5, 0.6) is 5.75 Å². The molecule has 8 atom stereocenters. The summed E-state index contributed by atoms with van der Waals surface area (Å²) in [6.07, 6.45) is 3.21. The number of nitrogens with zero attached hydrogens (tertiary/aromatic N) is 2. The Balaban J connectivity index is 0.000000276. The lowest BCUT2D eigenvalue weighted by Crippen LogP contribution is -2.56. The minimum atomic E-state index is -2.25. The topological polar surface area (TPSA) is 229 Å². The quantitative estimate of drug-likeness (QED) is 0.0334. The number of aryl methyl sites for hydroxylation is 1. The first-order valence-corrected chi connectivity index (χ1v) is 17.5. The average Bonchev–Trinajstić information content (AvgIpc) is 3.49. The number of fused-ring (bicyclic) bond motifs is 5. The molecule has 0 radical (unpaired) electrons. The molecule has 0 saturated heterocycles. The smallest absolute Gasteiger partial charge is 0.341 e. The Morgan fingerprint density at radius 2 is 1.86 bits per heavy atom. The molecule has 278 valence electrons. The number of aliphatic hydroxyl groups is 3. The molecule has 3 aliphatic carbocycles. The number of carbonyl (C=O) groups is 5. The molecule has 0 unspecified atom stereocenters. The van der Waals surface area contributed by atoms with Gasteiger partial charge in [0.05, 0.1) is 18.4 Å². The van der Waals surface area contributed by atoms with E-state index in [0.29, 0.717) is 16.2 Å². The number of hydrogen-bond donors (Lipinski definition) is 5. The fourth-order valence-corrected chi connectivity index (χ4v) is 7.79. The number of aliphatic carboxylic acids is 1.